The fourth-order valence-corrected chi connectivity index (χ4v) is 3.98. The molecule has 0 aliphatic rings. The van der Waals surface area contributed by atoms with E-state index in [0.29, 0.717) is 0 Å². The zero-order chi connectivity index (χ0) is 20.4. The van der Waals surface area contributed by atoms with Gasteiger partial charge in [-0.15, -0.1) is 11.3 Å². The fourth-order valence-electron chi connectivity index (χ4n) is 2.98. The number of alkyl halides is 3. The van der Waals surface area contributed by atoms with Crippen LogP contribution < -0.4 is 4.74 Å². The highest BCUT2D eigenvalue weighted by atomic mass is 32.1. The normalized spacial score (nSPS) is 12.0. The summed E-state index contributed by atoms with van der Waals surface area (Å²) in [7, 11) is 1.63. The van der Waals surface area contributed by atoms with Crippen molar-refractivity contribution in [1.82, 2.24) is 4.98 Å². The Labute approximate surface area is 169 Å². The van der Waals surface area contributed by atoms with Crippen molar-refractivity contribution in [3.63, 3.8) is 0 Å². The van der Waals surface area contributed by atoms with Gasteiger partial charge in [0.1, 0.15) is 10.8 Å². The number of aromatic nitrogens is 1. The van der Waals surface area contributed by atoms with Crippen molar-refractivity contribution in [3.05, 3.63) is 83.4 Å². The standard InChI is InChI=1S/C23H16F3NOS/c1-28-18-12-13-20-21(14-18)29-22(27-20)17-10-7-15(8-11-17)6-9-16-4-2-3-5-19(16)23(24,25)26/h2-14H,1H3/b9-6+. The molecule has 2 nitrogen and oxygen atoms in total. The van der Waals surface area contributed by atoms with E-state index in [-0.39, 0.29) is 5.56 Å². The van der Waals surface area contributed by atoms with Gasteiger partial charge in [-0.2, -0.15) is 13.2 Å². The number of benzene rings is 3. The molecule has 1 aromatic heterocycles. The SMILES string of the molecule is COc1ccc2nc(-c3ccc(/C=C/c4ccccc4C(F)(F)F)cc3)sc2c1. The summed E-state index contributed by atoms with van der Waals surface area (Å²) >= 11 is 1.57. The molecule has 0 amide bonds. The molecule has 6 heteroatoms. The Kier molecular flexibility index (Phi) is 5.11. The summed E-state index contributed by atoms with van der Waals surface area (Å²) in [6.45, 7) is 0. The summed E-state index contributed by atoms with van der Waals surface area (Å²) in [5.74, 6) is 0.785. The largest absolute Gasteiger partial charge is 0.497 e. The lowest BCUT2D eigenvalue weighted by Gasteiger charge is -2.09. The summed E-state index contributed by atoms with van der Waals surface area (Å²) in [5, 5.41) is 0.881. The van der Waals surface area contributed by atoms with Crippen molar-refractivity contribution in [2.45, 2.75) is 6.18 Å². The Balaban J connectivity index is 1.58. The molecule has 0 aliphatic carbocycles. The molecule has 0 saturated heterocycles. The third kappa shape index (κ3) is 4.17. The van der Waals surface area contributed by atoms with E-state index in [1.807, 2.05) is 42.5 Å². The molecule has 0 fully saturated rings. The maximum absolute atomic E-state index is 13.1. The fraction of sp³-hybridized carbons (Fsp3) is 0.0870. The number of nitrogens with zero attached hydrogens (tertiary/aromatic N) is 1. The maximum atomic E-state index is 13.1. The second-order valence-corrected chi connectivity index (χ2v) is 7.42. The highest BCUT2D eigenvalue weighted by Gasteiger charge is 2.32. The summed E-state index contributed by atoms with van der Waals surface area (Å²) in [4.78, 5) is 4.64. The van der Waals surface area contributed by atoms with Gasteiger partial charge in [-0.3, -0.25) is 0 Å². The average molecular weight is 411 g/mol. The third-order valence-corrected chi connectivity index (χ3v) is 5.54. The van der Waals surface area contributed by atoms with Crippen molar-refractivity contribution in [3.8, 4) is 16.3 Å². The monoisotopic (exact) mass is 411 g/mol. The molecule has 146 valence electrons. The van der Waals surface area contributed by atoms with E-state index in [0.717, 1.165) is 38.2 Å². The predicted octanol–water partition coefficient (Wildman–Crippen LogP) is 7.16. The molecular formula is C23H16F3NOS. The minimum absolute atomic E-state index is 0.143. The van der Waals surface area contributed by atoms with Gasteiger partial charge in [0, 0.05) is 5.56 Å². The van der Waals surface area contributed by atoms with E-state index in [2.05, 4.69) is 4.98 Å². The average Bonchev–Trinajstić information content (AvgIpc) is 3.15. The molecule has 0 bridgehead atoms. The molecule has 3 aromatic carbocycles. The van der Waals surface area contributed by atoms with Gasteiger partial charge < -0.3 is 4.74 Å². The molecule has 4 aromatic rings. The minimum Gasteiger partial charge on any atom is -0.497 e. The first-order valence-corrected chi connectivity index (χ1v) is 9.65. The molecule has 1 heterocycles. The third-order valence-electron chi connectivity index (χ3n) is 4.47. The molecule has 0 saturated carbocycles. The van der Waals surface area contributed by atoms with Crippen LogP contribution in [0.1, 0.15) is 16.7 Å². The Morgan fingerprint density at radius 3 is 2.41 bits per heavy atom. The van der Waals surface area contributed by atoms with Crippen LogP contribution in [0.25, 0.3) is 32.9 Å². The molecule has 0 unspecified atom stereocenters. The summed E-state index contributed by atoms with van der Waals surface area (Å²) in [6.07, 6.45) is -1.21. The van der Waals surface area contributed by atoms with Crippen LogP contribution >= 0.6 is 11.3 Å². The van der Waals surface area contributed by atoms with Crippen LogP contribution in [0.5, 0.6) is 5.75 Å². The minimum atomic E-state index is -4.37. The van der Waals surface area contributed by atoms with Gasteiger partial charge >= 0.3 is 6.18 Å². The van der Waals surface area contributed by atoms with Crippen molar-refractivity contribution in [1.29, 1.82) is 0 Å². The zero-order valence-corrected chi connectivity index (χ0v) is 16.2. The number of fused-ring (bicyclic) bond motifs is 1. The molecule has 4 rings (SSSR count). The first-order valence-electron chi connectivity index (χ1n) is 8.83. The second kappa shape index (κ2) is 7.72. The van der Waals surface area contributed by atoms with Gasteiger partial charge in [0.05, 0.1) is 22.9 Å². The highest BCUT2D eigenvalue weighted by molar-refractivity contribution is 7.21. The van der Waals surface area contributed by atoms with Crippen molar-refractivity contribution in [2.75, 3.05) is 7.11 Å². The molecule has 29 heavy (non-hydrogen) atoms. The van der Waals surface area contributed by atoms with Gasteiger partial charge in [0.15, 0.2) is 0 Å². The van der Waals surface area contributed by atoms with Crippen LogP contribution in [0.4, 0.5) is 13.2 Å². The highest BCUT2D eigenvalue weighted by Crippen LogP contribution is 2.34. The van der Waals surface area contributed by atoms with E-state index in [4.69, 9.17) is 4.74 Å². The smallest absolute Gasteiger partial charge is 0.416 e. The maximum Gasteiger partial charge on any atom is 0.416 e. The van der Waals surface area contributed by atoms with E-state index >= 15 is 0 Å². The number of methoxy groups -OCH3 is 1. The van der Waals surface area contributed by atoms with Crippen LogP contribution in [-0.4, -0.2) is 12.1 Å². The number of ether oxygens (including phenoxy) is 1. The van der Waals surface area contributed by atoms with Crippen LogP contribution in [0.15, 0.2) is 66.7 Å². The van der Waals surface area contributed by atoms with E-state index in [9.17, 15) is 13.2 Å². The number of hydrogen-bond donors (Lipinski definition) is 0. The van der Waals surface area contributed by atoms with Gasteiger partial charge in [0.25, 0.3) is 0 Å². The molecule has 0 aliphatic heterocycles. The molecule has 0 N–H and O–H groups in total. The topological polar surface area (TPSA) is 22.1 Å². The first kappa shape index (κ1) is 19.2. The lowest BCUT2D eigenvalue weighted by atomic mass is 10.0. The molecule has 0 spiro atoms. The quantitative estimate of drug-likeness (QED) is 0.332. The van der Waals surface area contributed by atoms with Crippen LogP contribution in [-0.2, 0) is 6.18 Å². The number of thiazole rings is 1. The lowest BCUT2D eigenvalue weighted by molar-refractivity contribution is -0.137. The summed E-state index contributed by atoms with van der Waals surface area (Å²) in [5.41, 5.74) is 2.17. The van der Waals surface area contributed by atoms with Gasteiger partial charge in [0.2, 0.25) is 0 Å². The number of hydrogen-bond acceptors (Lipinski definition) is 3. The number of rotatable bonds is 4. The second-order valence-electron chi connectivity index (χ2n) is 6.39. The summed E-state index contributed by atoms with van der Waals surface area (Å²) in [6, 6.07) is 18.9. The van der Waals surface area contributed by atoms with Crippen molar-refractivity contribution >= 4 is 33.7 Å². The Bertz CT molecular complexity index is 1180. The Morgan fingerprint density at radius 1 is 0.931 bits per heavy atom. The summed E-state index contributed by atoms with van der Waals surface area (Å²) < 4.78 is 45.6. The van der Waals surface area contributed by atoms with E-state index < -0.39 is 11.7 Å². The molecule has 0 radical (unpaired) electrons. The van der Waals surface area contributed by atoms with Crippen LogP contribution in [0.2, 0.25) is 0 Å². The van der Waals surface area contributed by atoms with Gasteiger partial charge in [-0.25, -0.2) is 4.98 Å². The Morgan fingerprint density at radius 2 is 1.69 bits per heavy atom. The molecule has 0 atom stereocenters. The van der Waals surface area contributed by atoms with Crippen molar-refractivity contribution < 1.29 is 17.9 Å². The van der Waals surface area contributed by atoms with Gasteiger partial charge in [-0.1, -0.05) is 54.6 Å². The Hall–Kier alpha value is -3.12. The van der Waals surface area contributed by atoms with Crippen LogP contribution in [0.3, 0.4) is 0 Å². The van der Waals surface area contributed by atoms with E-state index in [1.165, 1.54) is 18.2 Å². The van der Waals surface area contributed by atoms with Crippen LogP contribution in [0, 0.1) is 0 Å². The van der Waals surface area contributed by atoms with E-state index in [1.54, 1.807) is 30.6 Å². The lowest BCUT2D eigenvalue weighted by Crippen LogP contribution is -2.06. The van der Waals surface area contributed by atoms with Crippen molar-refractivity contribution in [2.24, 2.45) is 0 Å². The predicted molar refractivity (Wildman–Crippen MR) is 112 cm³/mol. The van der Waals surface area contributed by atoms with Gasteiger partial charge in [-0.05, 0) is 35.4 Å². The number of halogens is 3. The zero-order valence-electron chi connectivity index (χ0n) is 15.4. The molecular weight excluding hydrogens is 395 g/mol. The first-order chi connectivity index (χ1) is 13.9.